The van der Waals surface area contributed by atoms with Crippen molar-refractivity contribution in [3.63, 3.8) is 0 Å². The Kier molecular flexibility index (Phi) is 3.41. The Morgan fingerprint density at radius 3 is 2.83 bits per heavy atom. The van der Waals surface area contributed by atoms with Crippen molar-refractivity contribution in [1.82, 2.24) is 5.01 Å². The molecule has 0 spiro atoms. The number of hydrogen-bond donors (Lipinski definition) is 0. The van der Waals surface area contributed by atoms with Crippen molar-refractivity contribution in [3.8, 4) is 0 Å². The normalized spacial score (nSPS) is 25.5. The van der Waals surface area contributed by atoms with E-state index in [9.17, 15) is 4.79 Å². The number of allylic oxidation sites excluding steroid dienone is 1. The number of amides is 1. The zero-order valence-electron chi connectivity index (χ0n) is 12.9. The van der Waals surface area contributed by atoms with Gasteiger partial charge in [-0.1, -0.05) is 0 Å². The first-order chi connectivity index (χ1) is 11.2. The SMILES string of the molecule is CC(=O)N1N=C2/C(=C/c3ccco3)CCC[C@H]2[C@H]1c1ccco1. The van der Waals surface area contributed by atoms with E-state index in [4.69, 9.17) is 8.83 Å². The molecule has 0 unspecified atom stereocenters. The lowest BCUT2D eigenvalue weighted by molar-refractivity contribution is -0.131. The molecule has 0 saturated heterocycles. The Labute approximate surface area is 134 Å². The molecule has 1 amide bonds. The van der Waals surface area contributed by atoms with Crippen molar-refractivity contribution in [2.24, 2.45) is 11.0 Å². The molecule has 2 aromatic heterocycles. The quantitative estimate of drug-likeness (QED) is 0.842. The van der Waals surface area contributed by atoms with Crippen LogP contribution in [0.1, 0.15) is 43.7 Å². The molecule has 0 radical (unpaired) electrons. The second-order valence-corrected chi connectivity index (χ2v) is 5.99. The molecule has 1 aliphatic heterocycles. The van der Waals surface area contributed by atoms with E-state index in [0.717, 1.165) is 42.1 Å². The Morgan fingerprint density at radius 1 is 1.30 bits per heavy atom. The Bertz CT molecular complexity index is 756. The van der Waals surface area contributed by atoms with E-state index in [1.807, 2.05) is 30.3 Å². The number of nitrogens with zero attached hydrogens (tertiary/aromatic N) is 2. The number of hydrazone groups is 1. The third-order valence-electron chi connectivity index (χ3n) is 4.52. The molecule has 2 atom stereocenters. The molecule has 0 N–H and O–H groups in total. The van der Waals surface area contributed by atoms with Crippen molar-refractivity contribution in [1.29, 1.82) is 0 Å². The molecule has 1 saturated carbocycles. The topological polar surface area (TPSA) is 59.0 Å². The van der Waals surface area contributed by atoms with Crippen LogP contribution in [0.4, 0.5) is 0 Å². The van der Waals surface area contributed by atoms with Crippen LogP contribution < -0.4 is 0 Å². The van der Waals surface area contributed by atoms with Crippen molar-refractivity contribution in [2.45, 2.75) is 32.2 Å². The average Bonchev–Trinajstić information content (AvgIpc) is 3.27. The lowest BCUT2D eigenvalue weighted by Crippen LogP contribution is -2.30. The minimum Gasteiger partial charge on any atom is -0.467 e. The molecule has 0 bridgehead atoms. The largest absolute Gasteiger partial charge is 0.467 e. The lowest BCUT2D eigenvalue weighted by Gasteiger charge is -2.27. The minimum absolute atomic E-state index is 0.0642. The molecule has 5 heteroatoms. The van der Waals surface area contributed by atoms with E-state index in [2.05, 4.69) is 5.10 Å². The van der Waals surface area contributed by atoms with Gasteiger partial charge in [0.15, 0.2) is 0 Å². The summed E-state index contributed by atoms with van der Waals surface area (Å²) in [6, 6.07) is 7.44. The number of hydrogen-bond acceptors (Lipinski definition) is 4. The summed E-state index contributed by atoms with van der Waals surface area (Å²) in [6.45, 7) is 1.55. The van der Waals surface area contributed by atoms with Crippen LogP contribution in [0, 0.1) is 5.92 Å². The number of furan rings is 2. The molecule has 1 aliphatic carbocycles. The first kappa shape index (κ1) is 14.1. The highest BCUT2D eigenvalue weighted by molar-refractivity contribution is 6.07. The highest BCUT2D eigenvalue weighted by atomic mass is 16.3. The van der Waals surface area contributed by atoms with Crippen LogP contribution in [-0.4, -0.2) is 16.6 Å². The second-order valence-electron chi connectivity index (χ2n) is 5.99. The average molecular weight is 310 g/mol. The summed E-state index contributed by atoms with van der Waals surface area (Å²) in [5, 5.41) is 6.21. The van der Waals surface area contributed by atoms with Gasteiger partial charge in [-0.05, 0) is 55.2 Å². The molecule has 23 heavy (non-hydrogen) atoms. The molecule has 4 rings (SSSR count). The summed E-state index contributed by atoms with van der Waals surface area (Å²) in [7, 11) is 0. The van der Waals surface area contributed by atoms with Gasteiger partial charge in [0.1, 0.15) is 17.6 Å². The summed E-state index contributed by atoms with van der Waals surface area (Å²) in [5.74, 6) is 1.73. The number of carbonyl (C=O) groups is 1. The van der Waals surface area contributed by atoms with Crippen LogP contribution >= 0.6 is 0 Å². The third kappa shape index (κ3) is 2.42. The highest BCUT2D eigenvalue weighted by Crippen LogP contribution is 2.44. The van der Waals surface area contributed by atoms with Gasteiger partial charge in [0.05, 0.1) is 18.2 Å². The van der Waals surface area contributed by atoms with Gasteiger partial charge in [-0.2, -0.15) is 5.10 Å². The molecule has 2 aliphatic rings. The zero-order valence-corrected chi connectivity index (χ0v) is 12.9. The smallest absolute Gasteiger partial charge is 0.240 e. The fraction of sp³-hybridized carbons (Fsp3) is 0.333. The van der Waals surface area contributed by atoms with E-state index < -0.39 is 0 Å². The van der Waals surface area contributed by atoms with Gasteiger partial charge in [0.2, 0.25) is 5.91 Å². The highest BCUT2D eigenvalue weighted by Gasteiger charge is 2.44. The van der Waals surface area contributed by atoms with Crippen molar-refractivity contribution < 1.29 is 13.6 Å². The number of rotatable bonds is 2. The van der Waals surface area contributed by atoms with Gasteiger partial charge in [-0.25, -0.2) is 5.01 Å². The predicted molar refractivity (Wildman–Crippen MR) is 85.4 cm³/mol. The molecule has 2 aromatic rings. The first-order valence-electron chi connectivity index (χ1n) is 7.90. The van der Waals surface area contributed by atoms with Gasteiger partial charge in [-0.15, -0.1) is 0 Å². The van der Waals surface area contributed by atoms with Gasteiger partial charge in [-0.3, -0.25) is 4.79 Å². The lowest BCUT2D eigenvalue weighted by atomic mass is 9.79. The summed E-state index contributed by atoms with van der Waals surface area (Å²) in [6.07, 6.45) is 8.37. The standard InChI is InChI=1S/C18H18N2O3/c1-12(21)20-18(16-8-4-10-23-16)15-7-2-5-13(17(15)19-20)11-14-6-3-9-22-14/h3-4,6,8-11,15,18H,2,5,7H2,1H3/b13-11+/t15-,18+/m1/s1. The predicted octanol–water partition coefficient (Wildman–Crippen LogP) is 4.02. The first-order valence-corrected chi connectivity index (χ1v) is 7.90. The maximum atomic E-state index is 12.1. The van der Waals surface area contributed by atoms with Gasteiger partial charge >= 0.3 is 0 Å². The van der Waals surface area contributed by atoms with E-state index in [0.29, 0.717) is 0 Å². The minimum atomic E-state index is -0.141. The number of carbonyl (C=O) groups excluding carboxylic acids is 1. The molecular formula is C18H18N2O3. The van der Waals surface area contributed by atoms with Crippen molar-refractivity contribution >= 4 is 17.7 Å². The van der Waals surface area contributed by atoms with Gasteiger partial charge in [0.25, 0.3) is 0 Å². The monoisotopic (exact) mass is 310 g/mol. The van der Waals surface area contributed by atoms with Crippen molar-refractivity contribution in [2.75, 3.05) is 0 Å². The fourth-order valence-corrected chi connectivity index (χ4v) is 3.55. The Balaban J connectivity index is 1.74. The van der Waals surface area contributed by atoms with E-state index in [1.165, 1.54) is 0 Å². The fourth-order valence-electron chi connectivity index (χ4n) is 3.55. The van der Waals surface area contributed by atoms with Crippen LogP contribution in [0.2, 0.25) is 0 Å². The van der Waals surface area contributed by atoms with Crippen LogP contribution in [0.5, 0.6) is 0 Å². The van der Waals surface area contributed by atoms with Gasteiger partial charge < -0.3 is 8.83 Å². The third-order valence-corrected chi connectivity index (χ3v) is 4.52. The van der Waals surface area contributed by atoms with Crippen LogP contribution in [0.3, 0.4) is 0 Å². The summed E-state index contributed by atoms with van der Waals surface area (Å²) in [4.78, 5) is 12.1. The molecule has 3 heterocycles. The summed E-state index contributed by atoms with van der Waals surface area (Å²) in [5.41, 5.74) is 2.14. The zero-order chi connectivity index (χ0) is 15.8. The molecule has 118 valence electrons. The molecule has 0 aromatic carbocycles. The van der Waals surface area contributed by atoms with E-state index in [-0.39, 0.29) is 17.9 Å². The van der Waals surface area contributed by atoms with Gasteiger partial charge in [0, 0.05) is 12.8 Å². The van der Waals surface area contributed by atoms with Crippen LogP contribution in [0.15, 0.2) is 56.3 Å². The van der Waals surface area contributed by atoms with Crippen LogP contribution in [0.25, 0.3) is 6.08 Å². The Hall–Kier alpha value is -2.56. The maximum absolute atomic E-state index is 12.1. The van der Waals surface area contributed by atoms with E-state index in [1.54, 1.807) is 24.5 Å². The second kappa shape index (κ2) is 5.57. The van der Waals surface area contributed by atoms with Crippen LogP contribution in [-0.2, 0) is 4.79 Å². The number of fused-ring (bicyclic) bond motifs is 1. The molecule has 5 nitrogen and oxygen atoms in total. The summed E-state index contributed by atoms with van der Waals surface area (Å²) >= 11 is 0. The molecular weight excluding hydrogens is 292 g/mol. The summed E-state index contributed by atoms with van der Waals surface area (Å²) < 4.78 is 11.0. The van der Waals surface area contributed by atoms with Crippen molar-refractivity contribution in [3.05, 3.63) is 53.9 Å². The molecule has 1 fully saturated rings. The van der Waals surface area contributed by atoms with E-state index >= 15 is 0 Å². The Morgan fingerprint density at radius 2 is 2.13 bits per heavy atom. The maximum Gasteiger partial charge on any atom is 0.240 e.